The first kappa shape index (κ1) is 38.1. The smallest absolute Gasteiger partial charge is 0.238 e. The second kappa shape index (κ2) is 15.2. The van der Waals surface area contributed by atoms with Crippen LogP contribution in [0.15, 0.2) is 237 Å². The Kier molecular flexibility index (Phi) is 8.52. The third-order valence-electron chi connectivity index (χ3n) is 13.7. The summed E-state index contributed by atoms with van der Waals surface area (Å²) in [7, 11) is 0. The molecule has 3 aromatic heterocycles. The number of nitrogens with zero attached hydrogens (tertiary/aromatic N) is 5. The SMILES string of the molecule is c1ccc(-c2ccc3c(c2)c2ccccc2n3-c2cccc(-c3nc(-c4ccc5c6ccccc6c6ccccc6c5c4)nc(-n4c5ccccc5c5cc(-c6ccccc6)ccc54)n3)c2)cc1. The molecule has 5 nitrogen and oxygen atoms in total. The summed E-state index contributed by atoms with van der Waals surface area (Å²) in [4.78, 5) is 16.2. The summed E-state index contributed by atoms with van der Waals surface area (Å²) < 4.78 is 4.57. The molecule has 0 bridgehead atoms. The van der Waals surface area contributed by atoms with Crippen molar-refractivity contribution in [3.05, 3.63) is 237 Å². The molecule has 0 saturated carbocycles. The molecule has 0 spiro atoms. The van der Waals surface area contributed by atoms with Gasteiger partial charge in [0.15, 0.2) is 11.6 Å². The molecule has 0 atom stereocenters. The average Bonchev–Trinajstić information content (AvgIpc) is 3.93. The van der Waals surface area contributed by atoms with E-state index in [4.69, 9.17) is 15.0 Å². The van der Waals surface area contributed by atoms with E-state index in [-0.39, 0.29) is 0 Å². The average molecular weight is 866 g/mol. The second-order valence-electron chi connectivity index (χ2n) is 17.6. The fraction of sp³-hybridized carbons (Fsp3) is 0. The van der Waals surface area contributed by atoms with E-state index < -0.39 is 0 Å². The normalized spacial score (nSPS) is 11.8. The number of para-hydroxylation sites is 2. The highest BCUT2D eigenvalue weighted by Crippen LogP contribution is 2.40. The number of benzene rings is 11. The zero-order valence-corrected chi connectivity index (χ0v) is 36.8. The van der Waals surface area contributed by atoms with Crippen LogP contribution in [0.4, 0.5) is 0 Å². The molecule has 0 fully saturated rings. The highest BCUT2D eigenvalue weighted by atomic mass is 15.2. The number of fused-ring (bicyclic) bond motifs is 12. The van der Waals surface area contributed by atoms with Crippen molar-refractivity contribution in [1.29, 1.82) is 0 Å². The Hall–Kier alpha value is -9.19. The minimum absolute atomic E-state index is 0.558. The van der Waals surface area contributed by atoms with Gasteiger partial charge in [0.25, 0.3) is 0 Å². The minimum atomic E-state index is 0.558. The van der Waals surface area contributed by atoms with Gasteiger partial charge in [-0.3, -0.25) is 4.57 Å². The van der Waals surface area contributed by atoms with E-state index in [2.05, 4.69) is 246 Å². The quantitative estimate of drug-likeness (QED) is 0.156. The number of rotatable bonds is 6. The Labute approximate surface area is 391 Å². The van der Waals surface area contributed by atoms with E-state index in [9.17, 15) is 0 Å². The molecule has 0 radical (unpaired) electrons. The fourth-order valence-electron chi connectivity index (χ4n) is 10.6. The van der Waals surface area contributed by atoms with E-state index in [1.54, 1.807) is 0 Å². The molecule has 68 heavy (non-hydrogen) atoms. The largest absolute Gasteiger partial charge is 0.309 e. The summed E-state index contributed by atoms with van der Waals surface area (Å²) >= 11 is 0. The molecule has 0 N–H and O–H groups in total. The van der Waals surface area contributed by atoms with Crippen LogP contribution in [0.1, 0.15) is 0 Å². The van der Waals surface area contributed by atoms with E-state index in [0.717, 1.165) is 60.6 Å². The second-order valence-corrected chi connectivity index (χ2v) is 17.6. The van der Waals surface area contributed by atoms with Crippen LogP contribution in [-0.2, 0) is 0 Å². The Morgan fingerprint density at radius 1 is 0.221 bits per heavy atom. The number of hydrogen-bond acceptors (Lipinski definition) is 3. The van der Waals surface area contributed by atoms with Gasteiger partial charge < -0.3 is 4.57 Å². The molecule has 316 valence electrons. The zero-order chi connectivity index (χ0) is 44.7. The van der Waals surface area contributed by atoms with Crippen molar-refractivity contribution in [3.63, 3.8) is 0 Å². The van der Waals surface area contributed by atoms with Gasteiger partial charge in [0.1, 0.15) is 0 Å². The molecule has 11 aromatic carbocycles. The van der Waals surface area contributed by atoms with Crippen molar-refractivity contribution >= 4 is 75.9 Å². The van der Waals surface area contributed by atoms with Crippen molar-refractivity contribution in [1.82, 2.24) is 24.1 Å². The van der Waals surface area contributed by atoms with Gasteiger partial charge in [-0.25, -0.2) is 4.98 Å². The van der Waals surface area contributed by atoms with Crippen LogP contribution in [0, 0.1) is 0 Å². The molecule has 14 aromatic rings. The third-order valence-corrected chi connectivity index (χ3v) is 13.7. The van der Waals surface area contributed by atoms with Crippen molar-refractivity contribution in [2.45, 2.75) is 0 Å². The van der Waals surface area contributed by atoms with Gasteiger partial charge in [-0.1, -0.05) is 182 Å². The monoisotopic (exact) mass is 865 g/mol. The maximum atomic E-state index is 5.43. The Morgan fingerprint density at radius 2 is 0.618 bits per heavy atom. The van der Waals surface area contributed by atoms with Gasteiger partial charge in [0.05, 0.1) is 22.1 Å². The van der Waals surface area contributed by atoms with Crippen molar-refractivity contribution in [2.24, 2.45) is 0 Å². The highest BCUT2D eigenvalue weighted by molar-refractivity contribution is 6.25. The van der Waals surface area contributed by atoms with Gasteiger partial charge in [0.2, 0.25) is 5.95 Å². The van der Waals surface area contributed by atoms with Crippen molar-refractivity contribution < 1.29 is 0 Å². The van der Waals surface area contributed by atoms with Crippen LogP contribution >= 0.6 is 0 Å². The highest BCUT2D eigenvalue weighted by Gasteiger charge is 2.21. The van der Waals surface area contributed by atoms with E-state index in [1.807, 2.05) is 0 Å². The Balaban J connectivity index is 1.00. The van der Waals surface area contributed by atoms with Crippen LogP contribution in [0.25, 0.3) is 133 Å². The lowest BCUT2D eigenvalue weighted by Gasteiger charge is -2.14. The van der Waals surface area contributed by atoms with Gasteiger partial charge in [0, 0.05) is 38.4 Å². The van der Waals surface area contributed by atoms with E-state index in [1.165, 1.54) is 54.4 Å². The first-order valence-corrected chi connectivity index (χ1v) is 23.1. The maximum absolute atomic E-state index is 5.43. The standard InChI is InChI=1S/C63H39N5/c1-3-16-40(17-4-1)42-31-34-59-55(37-42)52-26-11-13-28-57(52)67(59)46-21-15-20-44(36-46)61-64-62(45-30-33-51-49-24-8-7-22-47(49)48-23-9-10-25-50(48)54(51)39-45)66-63(65-61)68-58-29-14-12-27-53(58)56-38-43(32-35-60(56)68)41-18-5-2-6-19-41/h1-39H. The van der Waals surface area contributed by atoms with Gasteiger partial charge in [-0.15, -0.1) is 0 Å². The van der Waals surface area contributed by atoms with Crippen LogP contribution in [0.2, 0.25) is 0 Å². The minimum Gasteiger partial charge on any atom is -0.309 e. The molecular formula is C63H39N5. The zero-order valence-electron chi connectivity index (χ0n) is 36.8. The summed E-state index contributed by atoms with van der Waals surface area (Å²) in [5.74, 6) is 1.75. The molecule has 0 aliphatic rings. The Bertz CT molecular complexity index is 4280. The number of aromatic nitrogens is 5. The molecule has 0 aliphatic heterocycles. The summed E-state index contributed by atoms with van der Waals surface area (Å²) in [5.41, 5.74) is 11.9. The van der Waals surface area contributed by atoms with Crippen molar-refractivity contribution in [3.8, 4) is 56.7 Å². The number of hydrogen-bond donors (Lipinski definition) is 0. The maximum Gasteiger partial charge on any atom is 0.238 e. The fourth-order valence-corrected chi connectivity index (χ4v) is 10.6. The van der Waals surface area contributed by atoms with E-state index in [0.29, 0.717) is 17.6 Å². The lowest BCUT2D eigenvalue weighted by molar-refractivity contribution is 0.953. The lowest BCUT2D eigenvalue weighted by atomic mass is 9.93. The van der Waals surface area contributed by atoms with Crippen molar-refractivity contribution in [2.75, 3.05) is 0 Å². The van der Waals surface area contributed by atoms with Gasteiger partial charge in [-0.05, 0) is 109 Å². The summed E-state index contributed by atoms with van der Waals surface area (Å²) in [6.07, 6.45) is 0. The topological polar surface area (TPSA) is 48.5 Å². The molecule has 14 rings (SSSR count). The molecule has 0 saturated heterocycles. The first-order chi connectivity index (χ1) is 33.7. The molecule has 3 heterocycles. The predicted octanol–water partition coefficient (Wildman–Crippen LogP) is 16.2. The summed E-state index contributed by atoms with van der Waals surface area (Å²) in [5, 5.41) is 11.9. The van der Waals surface area contributed by atoms with Crippen LogP contribution < -0.4 is 0 Å². The predicted molar refractivity (Wildman–Crippen MR) is 283 cm³/mol. The molecular weight excluding hydrogens is 827 g/mol. The molecule has 0 aliphatic carbocycles. The molecule has 0 unspecified atom stereocenters. The Morgan fingerprint density at radius 3 is 1.19 bits per heavy atom. The van der Waals surface area contributed by atoms with Gasteiger partial charge in [-0.2, -0.15) is 9.97 Å². The van der Waals surface area contributed by atoms with Crippen LogP contribution in [-0.4, -0.2) is 24.1 Å². The van der Waals surface area contributed by atoms with Gasteiger partial charge >= 0.3 is 0 Å². The van der Waals surface area contributed by atoms with Crippen LogP contribution in [0.5, 0.6) is 0 Å². The third kappa shape index (κ3) is 5.99. The molecule has 0 amide bonds. The van der Waals surface area contributed by atoms with E-state index >= 15 is 0 Å². The van der Waals surface area contributed by atoms with Crippen LogP contribution in [0.3, 0.4) is 0 Å². The summed E-state index contributed by atoms with van der Waals surface area (Å²) in [6.45, 7) is 0. The first-order valence-electron chi connectivity index (χ1n) is 23.1. The summed E-state index contributed by atoms with van der Waals surface area (Å²) in [6, 6.07) is 84.6. The lowest BCUT2D eigenvalue weighted by Crippen LogP contribution is -2.06. The molecule has 5 heteroatoms.